The number of ether oxygens (including phenoxy) is 1. The Kier molecular flexibility index (Phi) is 6.67. The number of benzene rings is 2. The Labute approximate surface area is 155 Å². The van der Waals surface area contributed by atoms with Crippen LogP contribution in [0.15, 0.2) is 54.6 Å². The smallest absolute Gasteiger partial charge is 0.253 e. The van der Waals surface area contributed by atoms with Crippen LogP contribution in [0.2, 0.25) is 0 Å². The van der Waals surface area contributed by atoms with Crippen molar-refractivity contribution in [3.63, 3.8) is 0 Å². The van der Waals surface area contributed by atoms with Crippen LogP contribution >= 0.6 is 0 Å². The summed E-state index contributed by atoms with van der Waals surface area (Å²) >= 11 is 0. The van der Waals surface area contributed by atoms with Gasteiger partial charge in [-0.3, -0.25) is 4.79 Å². The number of nitrogens with one attached hydrogen (secondary N) is 1. The zero-order valence-electron chi connectivity index (χ0n) is 15.1. The van der Waals surface area contributed by atoms with Gasteiger partial charge in [0.05, 0.1) is 0 Å². The van der Waals surface area contributed by atoms with Gasteiger partial charge in [0.2, 0.25) is 0 Å². The summed E-state index contributed by atoms with van der Waals surface area (Å²) in [5, 5.41) is 12.9. The van der Waals surface area contributed by atoms with Crippen molar-refractivity contribution in [3.8, 4) is 5.75 Å². The van der Waals surface area contributed by atoms with Gasteiger partial charge in [-0.1, -0.05) is 62.4 Å². The monoisotopic (exact) mass is 353 g/mol. The highest BCUT2D eigenvalue weighted by molar-refractivity contribution is 5.93. The average Bonchev–Trinajstić information content (AvgIpc) is 2.69. The van der Waals surface area contributed by atoms with Crippen LogP contribution in [0.25, 0.3) is 0 Å². The first-order valence-corrected chi connectivity index (χ1v) is 9.46. The van der Waals surface area contributed by atoms with Crippen molar-refractivity contribution < 1.29 is 14.6 Å². The molecule has 0 bridgehead atoms. The molecule has 2 N–H and O–H groups in total. The van der Waals surface area contributed by atoms with Gasteiger partial charge in [0.25, 0.3) is 5.91 Å². The number of hydrogen-bond donors (Lipinski definition) is 2. The lowest BCUT2D eigenvalue weighted by Gasteiger charge is -2.23. The number of aliphatic hydroxyl groups excluding tert-OH is 1. The molecule has 1 saturated carbocycles. The number of anilines is 1. The van der Waals surface area contributed by atoms with E-state index in [2.05, 4.69) is 5.32 Å². The standard InChI is InChI=1S/C22H27NO3/c24-21(15-17-7-3-1-4-8-17)22(25)23-19-11-13-20(14-12-19)26-16-18-9-5-2-6-10-18/h2,5-6,9-14,17,21,24H,1,3-4,7-8,15-16H2,(H,23,25). The van der Waals surface area contributed by atoms with Crippen LogP contribution in [0.5, 0.6) is 5.75 Å². The van der Waals surface area contributed by atoms with E-state index in [4.69, 9.17) is 4.74 Å². The zero-order valence-corrected chi connectivity index (χ0v) is 15.1. The van der Waals surface area contributed by atoms with E-state index in [1.165, 1.54) is 19.3 Å². The van der Waals surface area contributed by atoms with Crippen molar-refractivity contribution in [2.45, 2.75) is 51.2 Å². The summed E-state index contributed by atoms with van der Waals surface area (Å²) in [7, 11) is 0. The highest BCUT2D eigenvalue weighted by Gasteiger charge is 2.22. The molecule has 0 aromatic heterocycles. The van der Waals surface area contributed by atoms with Crippen molar-refractivity contribution in [3.05, 3.63) is 60.2 Å². The molecule has 2 aromatic carbocycles. The maximum absolute atomic E-state index is 12.2. The van der Waals surface area contributed by atoms with E-state index < -0.39 is 6.10 Å². The highest BCUT2D eigenvalue weighted by atomic mass is 16.5. The van der Waals surface area contributed by atoms with Crippen LogP contribution in [0.4, 0.5) is 5.69 Å². The molecule has 1 fully saturated rings. The second-order valence-electron chi connectivity index (χ2n) is 7.04. The van der Waals surface area contributed by atoms with E-state index in [0.29, 0.717) is 24.6 Å². The number of aliphatic hydroxyl groups is 1. The Balaban J connectivity index is 1.46. The van der Waals surface area contributed by atoms with E-state index in [9.17, 15) is 9.90 Å². The molecule has 0 spiro atoms. The maximum Gasteiger partial charge on any atom is 0.253 e. The average molecular weight is 353 g/mol. The molecule has 4 heteroatoms. The van der Waals surface area contributed by atoms with Crippen LogP contribution in [-0.2, 0) is 11.4 Å². The second-order valence-corrected chi connectivity index (χ2v) is 7.04. The molecule has 1 aliphatic carbocycles. The third kappa shape index (κ3) is 5.60. The van der Waals surface area contributed by atoms with Crippen molar-refractivity contribution in [1.29, 1.82) is 0 Å². The van der Waals surface area contributed by atoms with Crippen molar-refractivity contribution in [2.75, 3.05) is 5.32 Å². The summed E-state index contributed by atoms with van der Waals surface area (Å²) in [6, 6.07) is 17.2. The number of carbonyl (C=O) groups is 1. The Morgan fingerprint density at radius 2 is 1.73 bits per heavy atom. The van der Waals surface area contributed by atoms with Gasteiger partial charge in [-0.15, -0.1) is 0 Å². The normalized spacial score (nSPS) is 16.0. The summed E-state index contributed by atoms with van der Waals surface area (Å²) < 4.78 is 5.74. The molecule has 1 unspecified atom stereocenters. The van der Waals surface area contributed by atoms with E-state index in [0.717, 1.165) is 24.2 Å². The fourth-order valence-corrected chi connectivity index (χ4v) is 3.45. The predicted molar refractivity (Wildman–Crippen MR) is 103 cm³/mol. The molecule has 1 aliphatic rings. The van der Waals surface area contributed by atoms with Gasteiger partial charge in [-0.05, 0) is 42.2 Å². The molecule has 0 aliphatic heterocycles. The molecule has 26 heavy (non-hydrogen) atoms. The van der Waals surface area contributed by atoms with Crippen LogP contribution in [0.3, 0.4) is 0 Å². The Morgan fingerprint density at radius 1 is 1.04 bits per heavy atom. The van der Waals surface area contributed by atoms with Gasteiger partial charge in [0.15, 0.2) is 0 Å². The largest absolute Gasteiger partial charge is 0.489 e. The minimum atomic E-state index is -0.938. The van der Waals surface area contributed by atoms with Crippen molar-refractivity contribution >= 4 is 11.6 Å². The zero-order chi connectivity index (χ0) is 18.2. The van der Waals surface area contributed by atoms with Crippen LogP contribution < -0.4 is 10.1 Å². The van der Waals surface area contributed by atoms with Crippen LogP contribution in [-0.4, -0.2) is 17.1 Å². The fourth-order valence-electron chi connectivity index (χ4n) is 3.45. The van der Waals surface area contributed by atoms with Gasteiger partial charge in [0.1, 0.15) is 18.5 Å². The van der Waals surface area contributed by atoms with Crippen molar-refractivity contribution in [1.82, 2.24) is 0 Å². The molecule has 4 nitrogen and oxygen atoms in total. The Hall–Kier alpha value is -2.33. The van der Waals surface area contributed by atoms with Gasteiger partial charge in [-0.2, -0.15) is 0 Å². The molecule has 0 heterocycles. The van der Waals surface area contributed by atoms with Crippen LogP contribution in [0.1, 0.15) is 44.1 Å². The van der Waals surface area contributed by atoms with Gasteiger partial charge in [-0.25, -0.2) is 0 Å². The van der Waals surface area contributed by atoms with Crippen LogP contribution in [0, 0.1) is 5.92 Å². The first-order chi connectivity index (χ1) is 12.7. The first kappa shape index (κ1) is 18.5. The summed E-state index contributed by atoms with van der Waals surface area (Å²) in [5.74, 6) is 0.890. The number of carbonyl (C=O) groups excluding carboxylic acids is 1. The third-order valence-electron chi connectivity index (χ3n) is 4.95. The lowest BCUT2D eigenvalue weighted by atomic mass is 9.85. The highest BCUT2D eigenvalue weighted by Crippen LogP contribution is 2.27. The van der Waals surface area contributed by atoms with Gasteiger partial charge >= 0.3 is 0 Å². The lowest BCUT2D eigenvalue weighted by Crippen LogP contribution is -2.30. The number of rotatable bonds is 7. The number of amides is 1. The second kappa shape index (κ2) is 9.39. The molecular formula is C22H27NO3. The van der Waals surface area contributed by atoms with Crippen molar-refractivity contribution in [2.24, 2.45) is 5.92 Å². The quantitative estimate of drug-likeness (QED) is 0.768. The van der Waals surface area contributed by atoms with E-state index in [1.54, 1.807) is 12.1 Å². The molecule has 1 atom stereocenters. The lowest BCUT2D eigenvalue weighted by molar-refractivity contribution is -0.125. The Bertz CT molecular complexity index is 678. The molecule has 2 aromatic rings. The summed E-state index contributed by atoms with van der Waals surface area (Å²) in [6.45, 7) is 0.507. The van der Waals surface area contributed by atoms with E-state index >= 15 is 0 Å². The summed E-state index contributed by atoms with van der Waals surface area (Å²) in [5.41, 5.74) is 1.78. The molecular weight excluding hydrogens is 326 g/mol. The first-order valence-electron chi connectivity index (χ1n) is 9.46. The van der Waals surface area contributed by atoms with E-state index in [-0.39, 0.29) is 5.91 Å². The molecule has 0 radical (unpaired) electrons. The molecule has 1 amide bonds. The molecule has 138 valence electrons. The fraction of sp³-hybridized carbons (Fsp3) is 0.409. The third-order valence-corrected chi connectivity index (χ3v) is 4.95. The predicted octanol–water partition coefficient (Wildman–Crippen LogP) is 4.54. The van der Waals surface area contributed by atoms with Gasteiger partial charge < -0.3 is 15.2 Å². The topological polar surface area (TPSA) is 58.6 Å². The minimum absolute atomic E-state index is 0.325. The Morgan fingerprint density at radius 3 is 2.42 bits per heavy atom. The van der Waals surface area contributed by atoms with E-state index in [1.807, 2.05) is 42.5 Å². The van der Waals surface area contributed by atoms with Gasteiger partial charge in [0, 0.05) is 5.69 Å². The molecule has 3 rings (SSSR count). The maximum atomic E-state index is 12.2. The summed E-state index contributed by atoms with van der Waals surface area (Å²) in [6.07, 6.45) is 5.57. The summed E-state index contributed by atoms with van der Waals surface area (Å²) in [4.78, 5) is 12.2. The molecule has 0 saturated heterocycles. The number of hydrogen-bond acceptors (Lipinski definition) is 3. The SMILES string of the molecule is O=C(Nc1ccc(OCc2ccccc2)cc1)C(O)CC1CCCCC1. The minimum Gasteiger partial charge on any atom is -0.489 e.